The maximum Gasteiger partial charge on any atom is 0.238 e. The number of aryl methyl sites for hydroxylation is 1. The van der Waals surface area contributed by atoms with Gasteiger partial charge in [0.15, 0.2) is 0 Å². The summed E-state index contributed by atoms with van der Waals surface area (Å²) in [5, 5.41) is 14.4. The second kappa shape index (κ2) is 3.53. The first-order valence-electron chi connectivity index (χ1n) is 5.77. The predicted octanol–water partition coefficient (Wildman–Crippen LogP) is 3.35. The predicted molar refractivity (Wildman–Crippen MR) is 72.1 cm³/mol. The molecular weight excluding hydrogens is 232 g/mol. The van der Waals surface area contributed by atoms with Crippen molar-refractivity contribution in [3.8, 4) is 0 Å². The van der Waals surface area contributed by atoms with E-state index in [-0.39, 0.29) is 5.92 Å². The molecular formula is C13H14N2OS. The van der Waals surface area contributed by atoms with Crippen molar-refractivity contribution in [3.05, 3.63) is 27.2 Å². The molecule has 0 radical (unpaired) electrons. The van der Waals surface area contributed by atoms with E-state index in [4.69, 9.17) is 0 Å². The van der Waals surface area contributed by atoms with E-state index in [1.807, 2.05) is 24.7 Å². The molecule has 2 aliphatic rings. The van der Waals surface area contributed by atoms with Gasteiger partial charge in [-0.25, -0.2) is 0 Å². The molecule has 0 N–H and O–H groups in total. The molecule has 3 nitrogen and oxygen atoms in total. The molecule has 4 heteroatoms. The van der Waals surface area contributed by atoms with Crippen molar-refractivity contribution in [1.82, 2.24) is 0 Å². The highest BCUT2D eigenvalue weighted by Crippen LogP contribution is 2.44. The van der Waals surface area contributed by atoms with Crippen molar-refractivity contribution < 1.29 is 4.74 Å². The average Bonchev–Trinajstić information content (AvgIpc) is 2.81. The summed E-state index contributed by atoms with van der Waals surface area (Å²) in [6.45, 7) is 6.24. The molecule has 1 aromatic heterocycles. The molecule has 0 saturated heterocycles. The van der Waals surface area contributed by atoms with Crippen molar-refractivity contribution in [2.45, 2.75) is 20.8 Å². The van der Waals surface area contributed by atoms with Crippen LogP contribution in [0.5, 0.6) is 0 Å². The summed E-state index contributed by atoms with van der Waals surface area (Å²) < 4.78 is 1.11. The Morgan fingerprint density at radius 1 is 1.47 bits per heavy atom. The van der Waals surface area contributed by atoms with Crippen LogP contribution in [0.25, 0.3) is 5.57 Å². The van der Waals surface area contributed by atoms with Crippen molar-refractivity contribution in [2.75, 3.05) is 0 Å². The van der Waals surface area contributed by atoms with Crippen LogP contribution < -0.4 is 0 Å². The van der Waals surface area contributed by atoms with Crippen LogP contribution in [0.1, 0.15) is 24.3 Å². The van der Waals surface area contributed by atoms with Crippen LogP contribution in [0.15, 0.2) is 16.6 Å². The highest BCUT2D eigenvalue weighted by Gasteiger charge is 2.41. The summed E-state index contributed by atoms with van der Waals surface area (Å²) in [5.74, 6) is 0.523. The minimum absolute atomic E-state index is 0.131. The maximum absolute atomic E-state index is 12.4. The Morgan fingerprint density at radius 2 is 2.24 bits per heavy atom. The standard InChI is InChI=1S/C13H14N2OS/c1-7(2)9-4-14-5-10-12(9)15(16)11-8(3)6-17-13(10)11/h4-7,9H,1-3H3. The van der Waals surface area contributed by atoms with Gasteiger partial charge in [0.25, 0.3) is 0 Å². The van der Waals surface area contributed by atoms with Crippen molar-refractivity contribution in [1.29, 1.82) is 0 Å². The lowest BCUT2D eigenvalue weighted by Crippen LogP contribution is -2.27. The largest absolute Gasteiger partial charge is 0.618 e. The number of rotatable bonds is 1. The fraction of sp³-hybridized carbons (Fsp3) is 0.385. The summed E-state index contributed by atoms with van der Waals surface area (Å²) >= 11 is 1.64. The second-order valence-corrected chi connectivity index (χ2v) is 5.77. The SMILES string of the molecule is Cc1csc2c1[N+]([O-])=C1C2=CN=CC1C(C)C. The van der Waals surface area contributed by atoms with Gasteiger partial charge in [-0.15, -0.1) is 11.3 Å². The minimum atomic E-state index is 0.131. The van der Waals surface area contributed by atoms with Crippen LogP contribution in [-0.2, 0) is 0 Å². The summed E-state index contributed by atoms with van der Waals surface area (Å²) in [7, 11) is 0. The molecule has 1 aromatic rings. The Labute approximate surface area is 104 Å². The highest BCUT2D eigenvalue weighted by atomic mass is 32.1. The Balaban J connectivity index is 2.23. The van der Waals surface area contributed by atoms with E-state index < -0.39 is 0 Å². The van der Waals surface area contributed by atoms with Crippen LogP contribution >= 0.6 is 11.3 Å². The third-order valence-electron chi connectivity index (χ3n) is 3.37. The minimum Gasteiger partial charge on any atom is -0.618 e. The number of hydrogen-bond donors (Lipinski definition) is 0. The summed E-state index contributed by atoms with van der Waals surface area (Å²) in [6, 6.07) is 0. The van der Waals surface area contributed by atoms with Gasteiger partial charge in [0.05, 0.1) is 11.5 Å². The fourth-order valence-electron chi connectivity index (χ4n) is 2.44. The molecule has 88 valence electrons. The average molecular weight is 246 g/mol. The van der Waals surface area contributed by atoms with E-state index >= 15 is 0 Å². The first-order valence-corrected chi connectivity index (χ1v) is 6.65. The molecule has 1 atom stereocenters. The smallest absolute Gasteiger partial charge is 0.238 e. The number of aliphatic imine (C=N–C) groups is 1. The molecule has 2 aliphatic heterocycles. The molecule has 0 fully saturated rings. The normalized spacial score (nSPS) is 21.9. The number of fused-ring (bicyclic) bond motifs is 3. The summed E-state index contributed by atoms with van der Waals surface area (Å²) in [6.07, 6.45) is 3.71. The van der Waals surface area contributed by atoms with Gasteiger partial charge in [0.2, 0.25) is 11.4 Å². The Kier molecular flexibility index (Phi) is 2.23. The monoisotopic (exact) mass is 246 g/mol. The highest BCUT2D eigenvalue weighted by molar-refractivity contribution is 7.12. The topological polar surface area (TPSA) is 38.4 Å². The van der Waals surface area contributed by atoms with Crippen molar-refractivity contribution >= 4 is 34.5 Å². The van der Waals surface area contributed by atoms with Crippen LogP contribution in [0.2, 0.25) is 0 Å². The Hall–Kier alpha value is -1.42. The summed E-state index contributed by atoms with van der Waals surface area (Å²) in [5.41, 5.74) is 3.78. The fourth-order valence-corrected chi connectivity index (χ4v) is 3.48. The molecule has 0 spiro atoms. The van der Waals surface area contributed by atoms with Gasteiger partial charge in [-0.3, -0.25) is 4.99 Å². The van der Waals surface area contributed by atoms with Crippen LogP contribution in [0.4, 0.5) is 5.69 Å². The molecule has 1 unspecified atom stereocenters. The number of allylic oxidation sites excluding steroid dienone is 1. The third kappa shape index (κ3) is 1.33. The van der Waals surface area contributed by atoms with E-state index in [9.17, 15) is 5.21 Å². The molecule has 0 saturated carbocycles. The third-order valence-corrected chi connectivity index (χ3v) is 4.49. The lowest BCUT2D eigenvalue weighted by Gasteiger charge is -2.18. The lowest BCUT2D eigenvalue weighted by atomic mass is 9.87. The maximum atomic E-state index is 12.4. The molecule has 0 amide bonds. The zero-order chi connectivity index (χ0) is 12.2. The van der Waals surface area contributed by atoms with Gasteiger partial charge in [0.1, 0.15) is 4.88 Å². The zero-order valence-electron chi connectivity index (χ0n) is 10.1. The molecule has 17 heavy (non-hydrogen) atoms. The van der Waals surface area contributed by atoms with Gasteiger partial charge in [-0.1, -0.05) is 13.8 Å². The Morgan fingerprint density at radius 3 is 2.94 bits per heavy atom. The zero-order valence-corrected chi connectivity index (χ0v) is 10.9. The van der Waals surface area contributed by atoms with Gasteiger partial charge in [-0.05, 0) is 12.8 Å². The van der Waals surface area contributed by atoms with Gasteiger partial charge >= 0.3 is 0 Å². The van der Waals surface area contributed by atoms with Gasteiger partial charge in [0, 0.05) is 23.4 Å². The van der Waals surface area contributed by atoms with Gasteiger partial charge < -0.3 is 5.21 Å². The van der Waals surface area contributed by atoms with Crippen molar-refractivity contribution in [3.63, 3.8) is 0 Å². The van der Waals surface area contributed by atoms with E-state index in [0.717, 1.165) is 32.2 Å². The quantitative estimate of drug-likeness (QED) is 0.553. The second-order valence-electron chi connectivity index (χ2n) is 4.89. The number of hydrogen-bond acceptors (Lipinski definition) is 3. The molecule has 0 aromatic carbocycles. The molecule has 3 rings (SSSR count). The van der Waals surface area contributed by atoms with E-state index in [1.54, 1.807) is 11.3 Å². The van der Waals surface area contributed by atoms with Crippen LogP contribution in [-0.4, -0.2) is 16.7 Å². The molecule has 0 aliphatic carbocycles. The Bertz CT molecular complexity index is 578. The number of thiophene rings is 1. The van der Waals surface area contributed by atoms with E-state index in [0.29, 0.717) is 5.92 Å². The van der Waals surface area contributed by atoms with Crippen LogP contribution in [0, 0.1) is 24.0 Å². The van der Waals surface area contributed by atoms with Crippen LogP contribution in [0.3, 0.4) is 0 Å². The number of nitrogens with zero attached hydrogens (tertiary/aromatic N) is 2. The molecule has 0 bridgehead atoms. The molecule has 3 heterocycles. The van der Waals surface area contributed by atoms with E-state index in [2.05, 4.69) is 18.8 Å². The summed E-state index contributed by atoms with van der Waals surface area (Å²) in [4.78, 5) is 5.38. The van der Waals surface area contributed by atoms with Gasteiger partial charge in [-0.2, -0.15) is 4.74 Å². The lowest BCUT2D eigenvalue weighted by molar-refractivity contribution is -0.359. The first kappa shape index (κ1) is 10.7. The van der Waals surface area contributed by atoms with Crippen molar-refractivity contribution in [2.24, 2.45) is 16.8 Å². The first-order chi connectivity index (χ1) is 8.11. The van der Waals surface area contributed by atoms with E-state index in [1.165, 1.54) is 0 Å².